The first-order valence-electron chi connectivity index (χ1n) is 7.25. The Hall–Kier alpha value is -1.07. The summed E-state index contributed by atoms with van der Waals surface area (Å²) >= 11 is 1.54. The van der Waals surface area contributed by atoms with Gasteiger partial charge in [0.05, 0.1) is 17.6 Å². The molecule has 118 valence electrons. The van der Waals surface area contributed by atoms with E-state index in [0.717, 1.165) is 11.4 Å². The molecule has 0 saturated heterocycles. The first-order valence-corrected chi connectivity index (χ1v) is 8.41. The van der Waals surface area contributed by atoms with Crippen LogP contribution in [0.2, 0.25) is 0 Å². The number of rotatable bonds is 8. The van der Waals surface area contributed by atoms with E-state index in [1.807, 2.05) is 45.9 Å². The lowest BCUT2D eigenvalue weighted by molar-refractivity contribution is -0.119. The van der Waals surface area contributed by atoms with Crippen LogP contribution < -0.4 is 5.32 Å². The molecule has 0 bridgehead atoms. The van der Waals surface area contributed by atoms with Crippen molar-refractivity contribution in [2.75, 3.05) is 12.3 Å². The van der Waals surface area contributed by atoms with Gasteiger partial charge in [-0.1, -0.05) is 33.8 Å². The molecule has 1 atom stereocenters. The largest absolute Gasteiger partial charge is 0.392 e. The summed E-state index contributed by atoms with van der Waals surface area (Å²) in [5.74, 6) is 1.31. The molecule has 1 aromatic rings. The second kappa shape index (κ2) is 8.39. The second-order valence-corrected chi connectivity index (χ2v) is 7.25. The van der Waals surface area contributed by atoms with Gasteiger partial charge in [-0.2, -0.15) is 0 Å². The Morgan fingerprint density at radius 1 is 1.43 bits per heavy atom. The predicted octanol–water partition coefficient (Wildman–Crippen LogP) is 2.47. The van der Waals surface area contributed by atoms with Crippen LogP contribution in [0.15, 0.2) is 24.4 Å². The summed E-state index contributed by atoms with van der Waals surface area (Å²) in [4.78, 5) is 16.1. The zero-order chi connectivity index (χ0) is 15.9. The summed E-state index contributed by atoms with van der Waals surface area (Å²) in [5, 5.41) is 13.0. The number of aliphatic hydroxyl groups excluding tert-OH is 1. The number of pyridine rings is 1. The minimum Gasteiger partial charge on any atom is -0.392 e. The molecule has 0 radical (unpaired) electrons. The van der Waals surface area contributed by atoms with Gasteiger partial charge >= 0.3 is 0 Å². The lowest BCUT2D eigenvalue weighted by Gasteiger charge is -2.33. The van der Waals surface area contributed by atoms with Gasteiger partial charge in [0.1, 0.15) is 0 Å². The van der Waals surface area contributed by atoms with Crippen molar-refractivity contribution in [1.82, 2.24) is 10.3 Å². The van der Waals surface area contributed by atoms with E-state index in [9.17, 15) is 9.90 Å². The molecule has 0 unspecified atom stereocenters. The first kappa shape index (κ1) is 18.0. The van der Waals surface area contributed by atoms with Crippen molar-refractivity contribution < 1.29 is 9.90 Å². The molecule has 21 heavy (non-hydrogen) atoms. The third-order valence-electron chi connectivity index (χ3n) is 3.38. The van der Waals surface area contributed by atoms with Gasteiger partial charge in [0.15, 0.2) is 0 Å². The number of nitrogens with one attached hydrogen (secondary N) is 1. The molecular formula is C16H26N2O2S. The number of carbonyl (C=O) groups is 1. The molecule has 1 aromatic heterocycles. The van der Waals surface area contributed by atoms with Gasteiger partial charge in [-0.25, -0.2) is 0 Å². The van der Waals surface area contributed by atoms with E-state index in [4.69, 9.17) is 0 Å². The molecule has 0 aliphatic heterocycles. The SMILES string of the molecule is CC(C)[C@H](O)C(C)(C)CNC(=O)CSCc1ccccn1. The highest BCUT2D eigenvalue weighted by molar-refractivity contribution is 7.99. The number of hydrogen-bond acceptors (Lipinski definition) is 4. The van der Waals surface area contributed by atoms with Crippen molar-refractivity contribution in [3.05, 3.63) is 30.1 Å². The molecule has 4 nitrogen and oxygen atoms in total. The summed E-state index contributed by atoms with van der Waals surface area (Å²) < 4.78 is 0. The van der Waals surface area contributed by atoms with Crippen LogP contribution in [-0.2, 0) is 10.5 Å². The fraction of sp³-hybridized carbons (Fsp3) is 0.625. The molecule has 1 heterocycles. The normalized spacial score (nSPS) is 13.2. The third-order valence-corrected chi connectivity index (χ3v) is 4.35. The smallest absolute Gasteiger partial charge is 0.230 e. The summed E-state index contributed by atoms with van der Waals surface area (Å²) in [7, 11) is 0. The number of carbonyl (C=O) groups excluding carboxylic acids is 1. The Labute approximate surface area is 131 Å². The molecule has 0 aliphatic rings. The van der Waals surface area contributed by atoms with Gasteiger partial charge in [-0.3, -0.25) is 9.78 Å². The lowest BCUT2D eigenvalue weighted by atomic mass is 9.81. The molecule has 2 N–H and O–H groups in total. The van der Waals surface area contributed by atoms with Gasteiger partial charge in [0.25, 0.3) is 0 Å². The van der Waals surface area contributed by atoms with Crippen LogP contribution in [0, 0.1) is 11.3 Å². The highest BCUT2D eigenvalue weighted by atomic mass is 32.2. The Kier molecular flexibility index (Phi) is 7.18. The maximum Gasteiger partial charge on any atom is 0.230 e. The van der Waals surface area contributed by atoms with E-state index >= 15 is 0 Å². The molecule has 0 aliphatic carbocycles. The average Bonchev–Trinajstić information content (AvgIpc) is 2.45. The maximum absolute atomic E-state index is 11.8. The molecular weight excluding hydrogens is 284 g/mol. The monoisotopic (exact) mass is 310 g/mol. The van der Waals surface area contributed by atoms with Crippen LogP contribution in [0.1, 0.15) is 33.4 Å². The number of amides is 1. The summed E-state index contributed by atoms with van der Waals surface area (Å²) in [6.07, 6.45) is 1.32. The molecule has 0 fully saturated rings. The van der Waals surface area contributed by atoms with Gasteiger partial charge in [-0.15, -0.1) is 11.8 Å². The number of thioether (sulfide) groups is 1. The molecule has 1 amide bonds. The Morgan fingerprint density at radius 2 is 2.14 bits per heavy atom. The van der Waals surface area contributed by atoms with Crippen LogP contribution in [0.4, 0.5) is 0 Å². The predicted molar refractivity (Wildman–Crippen MR) is 88.0 cm³/mol. The van der Waals surface area contributed by atoms with Gasteiger partial charge in [0.2, 0.25) is 5.91 Å². The molecule has 0 aromatic carbocycles. The zero-order valence-electron chi connectivity index (χ0n) is 13.3. The van der Waals surface area contributed by atoms with E-state index in [1.54, 1.807) is 18.0 Å². The Balaban J connectivity index is 2.28. The molecule has 0 spiro atoms. The van der Waals surface area contributed by atoms with Crippen molar-refractivity contribution >= 4 is 17.7 Å². The fourth-order valence-corrected chi connectivity index (χ4v) is 2.89. The van der Waals surface area contributed by atoms with Crippen molar-refractivity contribution in [3.63, 3.8) is 0 Å². The van der Waals surface area contributed by atoms with Gasteiger partial charge < -0.3 is 10.4 Å². The zero-order valence-corrected chi connectivity index (χ0v) is 14.1. The highest BCUT2D eigenvalue weighted by Crippen LogP contribution is 2.25. The van der Waals surface area contributed by atoms with Crippen LogP contribution >= 0.6 is 11.8 Å². The highest BCUT2D eigenvalue weighted by Gasteiger charge is 2.30. The van der Waals surface area contributed by atoms with Crippen LogP contribution in [-0.4, -0.2) is 34.4 Å². The molecule has 0 saturated carbocycles. The summed E-state index contributed by atoms with van der Waals surface area (Å²) in [6.45, 7) is 8.39. The lowest BCUT2D eigenvalue weighted by Crippen LogP contribution is -2.44. The standard InChI is InChI=1S/C16H26N2O2S/c1-12(2)15(20)16(3,4)11-18-14(19)10-21-9-13-7-5-6-8-17-13/h5-8,12,15,20H,9-11H2,1-4H3,(H,18,19)/t15-/m0/s1. The van der Waals surface area contributed by atoms with E-state index < -0.39 is 6.10 Å². The Bertz CT molecular complexity index is 435. The van der Waals surface area contributed by atoms with Crippen molar-refractivity contribution in [3.8, 4) is 0 Å². The van der Waals surface area contributed by atoms with Crippen LogP contribution in [0.5, 0.6) is 0 Å². The Morgan fingerprint density at radius 3 is 2.71 bits per heavy atom. The quantitative estimate of drug-likeness (QED) is 0.774. The first-order chi connectivity index (χ1) is 9.83. The molecule has 5 heteroatoms. The minimum atomic E-state index is -0.432. The van der Waals surface area contributed by atoms with Gasteiger partial charge in [0, 0.05) is 23.9 Å². The summed E-state index contributed by atoms with van der Waals surface area (Å²) in [6, 6.07) is 5.77. The van der Waals surface area contributed by atoms with E-state index in [-0.39, 0.29) is 17.2 Å². The maximum atomic E-state index is 11.8. The van der Waals surface area contributed by atoms with Crippen LogP contribution in [0.3, 0.4) is 0 Å². The number of hydrogen-bond donors (Lipinski definition) is 2. The summed E-state index contributed by atoms with van der Waals surface area (Å²) in [5.41, 5.74) is 0.654. The minimum absolute atomic E-state index is 0.0000350. The topological polar surface area (TPSA) is 62.2 Å². The number of nitrogens with zero attached hydrogens (tertiary/aromatic N) is 1. The van der Waals surface area contributed by atoms with Crippen molar-refractivity contribution in [1.29, 1.82) is 0 Å². The van der Waals surface area contributed by atoms with E-state index in [2.05, 4.69) is 10.3 Å². The number of aromatic nitrogens is 1. The van der Waals surface area contributed by atoms with Crippen LogP contribution in [0.25, 0.3) is 0 Å². The molecule has 1 rings (SSSR count). The average molecular weight is 310 g/mol. The van der Waals surface area contributed by atoms with E-state index in [1.165, 1.54) is 0 Å². The second-order valence-electron chi connectivity index (χ2n) is 6.27. The number of aliphatic hydroxyl groups is 1. The third kappa shape index (κ3) is 6.48. The van der Waals surface area contributed by atoms with Crippen molar-refractivity contribution in [2.24, 2.45) is 11.3 Å². The fourth-order valence-electron chi connectivity index (χ4n) is 2.12. The van der Waals surface area contributed by atoms with E-state index in [0.29, 0.717) is 12.3 Å². The van der Waals surface area contributed by atoms with Gasteiger partial charge in [-0.05, 0) is 18.1 Å². The van der Waals surface area contributed by atoms with Crippen molar-refractivity contribution in [2.45, 2.75) is 39.6 Å².